The normalized spacial score (nSPS) is 11.3. The van der Waals surface area contributed by atoms with E-state index in [4.69, 9.17) is 0 Å². The highest BCUT2D eigenvalue weighted by molar-refractivity contribution is 6.17. The smallest absolute Gasteiger partial charge is 0.308 e. The van der Waals surface area contributed by atoms with Crippen LogP contribution in [0, 0.1) is 13.8 Å². The first kappa shape index (κ1) is 26.6. The van der Waals surface area contributed by atoms with Crippen molar-refractivity contribution in [2.24, 2.45) is 0 Å². The molecule has 2 amide bonds. The van der Waals surface area contributed by atoms with Gasteiger partial charge >= 0.3 is 12.2 Å². The number of fused-ring (bicyclic) bond motifs is 1. The summed E-state index contributed by atoms with van der Waals surface area (Å²) in [6, 6.07) is 24.1. The lowest BCUT2D eigenvalue weighted by Gasteiger charge is -2.17. The number of carbonyl (C=O) groups excluding carboxylic acids is 2. The van der Waals surface area contributed by atoms with Gasteiger partial charge in [0.2, 0.25) is 0 Å². The SMILES string of the molecule is Cc1cccc(C)c1NC(=O)Nc1cccc(-c2c(C(=O)c3ccccc3)cnc3c(C(F)(F)F)cccc23)c1. The minimum atomic E-state index is -4.63. The van der Waals surface area contributed by atoms with Crippen molar-refractivity contribution in [3.63, 3.8) is 0 Å². The molecular formula is C32H24F3N3O2. The third-order valence-corrected chi connectivity index (χ3v) is 6.61. The molecule has 0 bridgehead atoms. The summed E-state index contributed by atoms with van der Waals surface area (Å²) in [7, 11) is 0. The predicted molar refractivity (Wildman–Crippen MR) is 151 cm³/mol. The average Bonchev–Trinajstić information content (AvgIpc) is 2.94. The maximum atomic E-state index is 13.9. The summed E-state index contributed by atoms with van der Waals surface area (Å²) in [5.74, 6) is -0.381. The van der Waals surface area contributed by atoms with Crippen LogP contribution < -0.4 is 10.6 Å². The third-order valence-electron chi connectivity index (χ3n) is 6.61. The van der Waals surface area contributed by atoms with Crippen LogP contribution in [0.5, 0.6) is 0 Å². The first-order valence-electron chi connectivity index (χ1n) is 12.5. The summed E-state index contributed by atoms with van der Waals surface area (Å²) in [6.45, 7) is 3.77. The lowest BCUT2D eigenvalue weighted by Crippen LogP contribution is -2.20. The van der Waals surface area contributed by atoms with Crippen LogP contribution in [0.25, 0.3) is 22.0 Å². The van der Waals surface area contributed by atoms with Crippen LogP contribution in [0.15, 0.2) is 97.2 Å². The maximum absolute atomic E-state index is 13.9. The number of urea groups is 1. The zero-order valence-corrected chi connectivity index (χ0v) is 21.6. The van der Waals surface area contributed by atoms with E-state index in [2.05, 4.69) is 15.6 Å². The maximum Gasteiger partial charge on any atom is 0.418 e. The molecule has 0 atom stereocenters. The Morgan fingerprint density at radius 1 is 0.775 bits per heavy atom. The van der Waals surface area contributed by atoms with E-state index in [1.807, 2.05) is 32.0 Å². The number of aromatic nitrogens is 1. The molecule has 1 aromatic heterocycles. The fourth-order valence-corrected chi connectivity index (χ4v) is 4.72. The number of anilines is 2. The van der Waals surface area contributed by atoms with Crippen LogP contribution in [0.1, 0.15) is 32.6 Å². The van der Waals surface area contributed by atoms with Crippen LogP contribution in [0.3, 0.4) is 0 Å². The molecule has 5 nitrogen and oxygen atoms in total. The number of aryl methyl sites for hydroxylation is 2. The number of amides is 2. The highest BCUT2D eigenvalue weighted by Crippen LogP contribution is 2.39. The van der Waals surface area contributed by atoms with Gasteiger partial charge in [0.05, 0.1) is 11.1 Å². The summed E-state index contributed by atoms with van der Waals surface area (Å²) in [6.07, 6.45) is -3.44. The van der Waals surface area contributed by atoms with E-state index < -0.39 is 17.8 Å². The molecule has 0 unspecified atom stereocenters. The topological polar surface area (TPSA) is 71.1 Å². The monoisotopic (exact) mass is 539 g/mol. The summed E-state index contributed by atoms with van der Waals surface area (Å²) in [5, 5.41) is 5.82. The van der Waals surface area contributed by atoms with Gasteiger partial charge in [0.15, 0.2) is 5.78 Å². The average molecular weight is 540 g/mol. The molecule has 8 heteroatoms. The third kappa shape index (κ3) is 5.29. The molecule has 0 aliphatic heterocycles. The van der Waals surface area contributed by atoms with E-state index in [0.29, 0.717) is 28.1 Å². The summed E-state index contributed by atoms with van der Waals surface area (Å²) >= 11 is 0. The molecule has 1 heterocycles. The molecule has 5 aromatic rings. The van der Waals surface area contributed by atoms with E-state index in [1.165, 1.54) is 18.3 Å². The molecule has 5 rings (SSSR count). The minimum absolute atomic E-state index is 0.148. The second-order valence-electron chi connectivity index (χ2n) is 9.37. The highest BCUT2D eigenvalue weighted by Gasteiger charge is 2.34. The van der Waals surface area contributed by atoms with E-state index in [1.54, 1.807) is 54.6 Å². The van der Waals surface area contributed by atoms with Crippen LogP contribution >= 0.6 is 0 Å². The lowest BCUT2D eigenvalue weighted by atomic mass is 9.91. The Hall–Kier alpha value is -4.98. The molecule has 0 aliphatic carbocycles. The Morgan fingerprint density at radius 2 is 1.45 bits per heavy atom. The largest absolute Gasteiger partial charge is 0.418 e. The first-order valence-corrected chi connectivity index (χ1v) is 12.5. The van der Waals surface area contributed by atoms with E-state index in [-0.39, 0.29) is 22.2 Å². The van der Waals surface area contributed by atoms with Gasteiger partial charge in [-0.3, -0.25) is 9.78 Å². The molecule has 0 saturated heterocycles. The second kappa shape index (κ2) is 10.6. The number of nitrogens with one attached hydrogen (secondary N) is 2. The summed E-state index contributed by atoms with van der Waals surface area (Å²) < 4.78 is 41.6. The van der Waals surface area contributed by atoms with Crippen LogP contribution in [-0.2, 0) is 6.18 Å². The van der Waals surface area contributed by atoms with Gasteiger partial charge in [0, 0.05) is 39.6 Å². The zero-order valence-electron chi connectivity index (χ0n) is 21.6. The molecule has 200 valence electrons. The number of carbonyl (C=O) groups is 2. The number of hydrogen-bond donors (Lipinski definition) is 2. The molecule has 4 aromatic carbocycles. The Labute approximate surface area is 228 Å². The molecular weight excluding hydrogens is 515 g/mol. The van der Waals surface area contributed by atoms with Gasteiger partial charge in [0.25, 0.3) is 0 Å². The summed E-state index contributed by atoms with van der Waals surface area (Å²) in [4.78, 5) is 30.5. The number of hydrogen-bond acceptors (Lipinski definition) is 3. The van der Waals surface area contributed by atoms with Crippen molar-refractivity contribution in [3.8, 4) is 11.1 Å². The number of pyridine rings is 1. The molecule has 0 fully saturated rings. The molecule has 0 radical (unpaired) electrons. The molecule has 2 N–H and O–H groups in total. The van der Waals surface area contributed by atoms with Crippen molar-refractivity contribution in [2.45, 2.75) is 20.0 Å². The van der Waals surface area contributed by atoms with Crippen molar-refractivity contribution in [2.75, 3.05) is 10.6 Å². The Bertz CT molecular complexity index is 1730. The molecule has 0 saturated carbocycles. The Kier molecular flexibility index (Phi) is 7.09. The van der Waals surface area contributed by atoms with Crippen molar-refractivity contribution in [3.05, 3.63) is 125 Å². The molecule has 40 heavy (non-hydrogen) atoms. The van der Waals surface area contributed by atoms with Gasteiger partial charge in [-0.25, -0.2) is 4.79 Å². The number of rotatable bonds is 5. The van der Waals surface area contributed by atoms with Crippen molar-refractivity contribution < 1.29 is 22.8 Å². The number of benzene rings is 4. The van der Waals surface area contributed by atoms with E-state index in [9.17, 15) is 22.8 Å². The number of ketones is 1. The van der Waals surface area contributed by atoms with E-state index in [0.717, 1.165) is 17.2 Å². The minimum Gasteiger partial charge on any atom is -0.308 e. The zero-order chi connectivity index (χ0) is 28.4. The van der Waals surface area contributed by atoms with Crippen molar-refractivity contribution in [1.82, 2.24) is 4.98 Å². The van der Waals surface area contributed by atoms with Crippen molar-refractivity contribution >= 4 is 34.1 Å². The second-order valence-corrected chi connectivity index (χ2v) is 9.37. The molecule has 0 spiro atoms. The number of halogens is 3. The van der Waals surface area contributed by atoms with Gasteiger partial charge in [-0.2, -0.15) is 13.2 Å². The van der Waals surface area contributed by atoms with Crippen molar-refractivity contribution in [1.29, 1.82) is 0 Å². The molecule has 0 aliphatic rings. The fraction of sp³-hybridized carbons (Fsp3) is 0.0938. The fourth-order valence-electron chi connectivity index (χ4n) is 4.72. The predicted octanol–water partition coefficient (Wildman–Crippen LogP) is 8.41. The van der Waals surface area contributed by atoms with Gasteiger partial charge in [0.1, 0.15) is 0 Å². The van der Waals surface area contributed by atoms with Crippen LogP contribution in [0.2, 0.25) is 0 Å². The van der Waals surface area contributed by atoms with Gasteiger partial charge in [-0.15, -0.1) is 0 Å². The van der Waals surface area contributed by atoms with Gasteiger partial charge in [-0.05, 0) is 48.7 Å². The first-order chi connectivity index (χ1) is 19.1. The number of nitrogens with zero attached hydrogens (tertiary/aromatic N) is 1. The quantitative estimate of drug-likeness (QED) is 0.220. The van der Waals surface area contributed by atoms with Gasteiger partial charge in [-0.1, -0.05) is 72.8 Å². The van der Waals surface area contributed by atoms with Gasteiger partial charge < -0.3 is 10.6 Å². The number of para-hydroxylation sites is 2. The number of alkyl halides is 3. The standard InChI is InChI=1S/C32H24F3N3O2/c1-19-9-6-10-20(2)28(19)38-31(40)37-23-14-7-13-22(17-23)27-24-15-8-16-26(32(33,34)35)29(24)36-18-25(27)30(39)21-11-4-3-5-12-21/h3-18H,1-2H3,(H2,37,38,40). The Balaban J connectivity index is 1.61. The lowest BCUT2D eigenvalue weighted by molar-refractivity contribution is -0.136. The van der Waals surface area contributed by atoms with E-state index >= 15 is 0 Å². The van der Waals surface area contributed by atoms with Crippen LogP contribution in [-0.4, -0.2) is 16.8 Å². The van der Waals surface area contributed by atoms with Crippen LogP contribution in [0.4, 0.5) is 29.3 Å². The Morgan fingerprint density at radius 3 is 2.15 bits per heavy atom. The highest BCUT2D eigenvalue weighted by atomic mass is 19.4. The summed E-state index contributed by atoms with van der Waals surface area (Å²) in [5.41, 5.74) is 3.00.